The number of benzene rings is 2. The summed E-state index contributed by atoms with van der Waals surface area (Å²) in [6.07, 6.45) is 0. The van der Waals surface area contributed by atoms with Gasteiger partial charge < -0.3 is 14.6 Å². The standard InChI is InChI=1S/C24H19FN4O3S/c1-14-20(23-27-22(28-32-23)19-7-4-12-33-19)21(15-8-10-16(25)11-9-15)26-24(30)29(14)17-5-3-6-18(13-17)31-2/h3-13,21H,1-2H3,(H,26,30). The molecule has 7 nitrogen and oxygen atoms in total. The van der Waals surface area contributed by atoms with Crippen molar-refractivity contribution in [3.05, 3.63) is 89.0 Å². The summed E-state index contributed by atoms with van der Waals surface area (Å²) in [6, 6.07) is 16.0. The Labute approximate surface area is 193 Å². The van der Waals surface area contributed by atoms with Gasteiger partial charge >= 0.3 is 6.03 Å². The topological polar surface area (TPSA) is 80.5 Å². The molecule has 166 valence electrons. The largest absolute Gasteiger partial charge is 0.497 e. The van der Waals surface area contributed by atoms with Crippen molar-refractivity contribution < 1.29 is 18.4 Å². The number of aromatic nitrogens is 2. The van der Waals surface area contributed by atoms with Crippen LogP contribution in [0.2, 0.25) is 0 Å². The number of ether oxygens (including phenoxy) is 1. The molecular formula is C24H19FN4O3S. The number of thiophene rings is 1. The summed E-state index contributed by atoms with van der Waals surface area (Å²) >= 11 is 1.50. The van der Waals surface area contributed by atoms with Crippen LogP contribution in [0.25, 0.3) is 16.3 Å². The molecule has 0 bridgehead atoms. The van der Waals surface area contributed by atoms with Gasteiger partial charge in [0.2, 0.25) is 5.82 Å². The summed E-state index contributed by atoms with van der Waals surface area (Å²) in [5.41, 5.74) is 2.56. The Morgan fingerprint density at radius 3 is 2.70 bits per heavy atom. The molecule has 2 aromatic carbocycles. The van der Waals surface area contributed by atoms with Crippen molar-refractivity contribution in [3.63, 3.8) is 0 Å². The van der Waals surface area contributed by atoms with E-state index >= 15 is 0 Å². The smallest absolute Gasteiger partial charge is 0.327 e. The molecule has 5 rings (SSSR count). The predicted molar refractivity (Wildman–Crippen MR) is 123 cm³/mol. The molecule has 0 aliphatic carbocycles. The van der Waals surface area contributed by atoms with Crippen LogP contribution < -0.4 is 15.0 Å². The first-order valence-corrected chi connectivity index (χ1v) is 11.0. The highest BCUT2D eigenvalue weighted by atomic mass is 32.1. The van der Waals surface area contributed by atoms with Crippen LogP contribution in [0.1, 0.15) is 24.4 Å². The molecule has 3 heterocycles. The molecule has 0 saturated heterocycles. The second-order valence-corrected chi connectivity index (χ2v) is 8.32. The number of nitrogens with one attached hydrogen (secondary N) is 1. The minimum absolute atomic E-state index is 0.276. The predicted octanol–water partition coefficient (Wildman–Crippen LogP) is 5.65. The van der Waals surface area contributed by atoms with Crippen molar-refractivity contribution in [2.24, 2.45) is 0 Å². The number of methoxy groups -OCH3 is 1. The molecule has 1 atom stereocenters. The van der Waals surface area contributed by atoms with Gasteiger partial charge in [-0.3, -0.25) is 4.90 Å². The number of anilines is 1. The number of urea groups is 1. The number of rotatable bonds is 5. The average Bonchev–Trinajstić information content (AvgIpc) is 3.52. The van der Waals surface area contributed by atoms with Crippen LogP contribution in [0.3, 0.4) is 0 Å². The third-order valence-corrected chi connectivity index (χ3v) is 6.26. The highest BCUT2D eigenvalue weighted by molar-refractivity contribution is 7.13. The SMILES string of the molecule is COc1cccc(N2C(=O)NC(c3ccc(F)cc3)C(c3nc(-c4cccs4)no3)=C2C)c1. The summed E-state index contributed by atoms with van der Waals surface area (Å²) < 4.78 is 24.6. The maximum atomic E-state index is 13.6. The van der Waals surface area contributed by atoms with E-state index in [9.17, 15) is 9.18 Å². The lowest BCUT2D eigenvalue weighted by Gasteiger charge is -2.35. The van der Waals surface area contributed by atoms with Crippen LogP contribution in [0.15, 0.2) is 76.3 Å². The highest BCUT2D eigenvalue weighted by Crippen LogP contribution is 2.39. The maximum absolute atomic E-state index is 13.6. The van der Waals surface area contributed by atoms with Crippen molar-refractivity contribution in [2.45, 2.75) is 13.0 Å². The summed E-state index contributed by atoms with van der Waals surface area (Å²) in [5, 5.41) is 9.07. The second-order valence-electron chi connectivity index (χ2n) is 7.37. The lowest BCUT2D eigenvalue weighted by molar-refractivity contribution is 0.244. The molecular weight excluding hydrogens is 443 g/mol. The monoisotopic (exact) mass is 462 g/mol. The molecule has 0 saturated carbocycles. The highest BCUT2D eigenvalue weighted by Gasteiger charge is 2.36. The van der Waals surface area contributed by atoms with Gasteiger partial charge in [0.05, 0.1) is 29.3 Å². The summed E-state index contributed by atoms with van der Waals surface area (Å²) in [5.74, 6) is 0.994. The molecule has 1 aliphatic heterocycles. The fourth-order valence-electron chi connectivity index (χ4n) is 3.82. The maximum Gasteiger partial charge on any atom is 0.327 e. The van der Waals surface area contributed by atoms with Crippen LogP contribution >= 0.6 is 11.3 Å². The number of amides is 2. The van der Waals surface area contributed by atoms with Gasteiger partial charge in [-0.2, -0.15) is 4.98 Å². The number of hydrogen-bond acceptors (Lipinski definition) is 6. The van der Waals surface area contributed by atoms with Crippen LogP contribution in [0.5, 0.6) is 5.75 Å². The minimum Gasteiger partial charge on any atom is -0.497 e. The number of carbonyl (C=O) groups is 1. The number of carbonyl (C=O) groups excluding carboxylic acids is 1. The first-order chi connectivity index (χ1) is 16.0. The molecule has 33 heavy (non-hydrogen) atoms. The Kier molecular flexibility index (Phi) is 5.39. The molecule has 0 spiro atoms. The number of halogens is 1. The van der Waals surface area contributed by atoms with Gasteiger partial charge in [0.1, 0.15) is 11.6 Å². The van der Waals surface area contributed by atoms with Gasteiger partial charge in [0.25, 0.3) is 5.89 Å². The van der Waals surface area contributed by atoms with E-state index in [1.54, 1.807) is 31.4 Å². The average molecular weight is 463 g/mol. The Morgan fingerprint density at radius 2 is 1.97 bits per heavy atom. The van der Waals surface area contributed by atoms with Crippen molar-refractivity contribution in [2.75, 3.05) is 12.0 Å². The van der Waals surface area contributed by atoms with Crippen LogP contribution in [-0.2, 0) is 0 Å². The van der Waals surface area contributed by atoms with E-state index in [4.69, 9.17) is 9.26 Å². The normalized spacial score (nSPS) is 16.2. The van der Waals surface area contributed by atoms with Crippen molar-refractivity contribution >= 4 is 28.6 Å². The molecule has 9 heteroatoms. The third-order valence-electron chi connectivity index (χ3n) is 5.40. The molecule has 1 N–H and O–H groups in total. The van der Waals surface area contributed by atoms with Crippen molar-refractivity contribution in [1.29, 1.82) is 0 Å². The third kappa shape index (κ3) is 3.87. The minimum atomic E-state index is -0.600. The van der Waals surface area contributed by atoms with Gasteiger partial charge in [-0.1, -0.05) is 29.4 Å². The van der Waals surface area contributed by atoms with E-state index in [-0.39, 0.29) is 17.7 Å². The Morgan fingerprint density at radius 1 is 1.15 bits per heavy atom. The van der Waals surface area contributed by atoms with Gasteiger partial charge in [-0.15, -0.1) is 11.3 Å². The van der Waals surface area contributed by atoms with Gasteiger partial charge in [-0.25, -0.2) is 9.18 Å². The zero-order valence-electron chi connectivity index (χ0n) is 17.8. The van der Waals surface area contributed by atoms with Gasteiger partial charge in [-0.05, 0) is 48.2 Å². The van der Waals surface area contributed by atoms with E-state index in [1.807, 2.05) is 36.6 Å². The van der Waals surface area contributed by atoms with E-state index < -0.39 is 6.04 Å². The second kappa shape index (κ2) is 8.51. The van der Waals surface area contributed by atoms with E-state index in [1.165, 1.54) is 28.4 Å². The Balaban J connectivity index is 1.66. The first kappa shape index (κ1) is 20.9. The van der Waals surface area contributed by atoms with E-state index in [0.29, 0.717) is 34.1 Å². The van der Waals surface area contributed by atoms with Crippen LogP contribution in [0.4, 0.5) is 14.9 Å². The lowest BCUT2D eigenvalue weighted by Crippen LogP contribution is -2.46. The summed E-state index contributed by atoms with van der Waals surface area (Å²) in [6.45, 7) is 1.82. The Bertz CT molecular complexity index is 1330. The molecule has 2 amide bonds. The van der Waals surface area contributed by atoms with Gasteiger partial charge in [0, 0.05) is 11.8 Å². The molecule has 0 radical (unpaired) electrons. The molecule has 0 fully saturated rings. The van der Waals surface area contributed by atoms with Crippen LogP contribution in [0, 0.1) is 5.82 Å². The quantitative estimate of drug-likeness (QED) is 0.415. The first-order valence-electron chi connectivity index (χ1n) is 10.1. The molecule has 1 aliphatic rings. The fourth-order valence-corrected chi connectivity index (χ4v) is 4.47. The molecule has 1 unspecified atom stereocenters. The number of allylic oxidation sites excluding steroid dienone is 1. The van der Waals surface area contributed by atoms with E-state index in [2.05, 4.69) is 15.5 Å². The zero-order valence-corrected chi connectivity index (χ0v) is 18.6. The number of hydrogen-bond donors (Lipinski definition) is 1. The van der Waals surface area contributed by atoms with Crippen LogP contribution in [-0.4, -0.2) is 23.3 Å². The lowest BCUT2D eigenvalue weighted by atomic mass is 9.94. The molecule has 4 aromatic rings. The van der Waals surface area contributed by atoms with Crippen molar-refractivity contribution in [1.82, 2.24) is 15.5 Å². The number of nitrogens with zero attached hydrogens (tertiary/aromatic N) is 3. The Hall–Kier alpha value is -3.98. The fraction of sp³-hybridized carbons (Fsp3) is 0.125. The van der Waals surface area contributed by atoms with E-state index in [0.717, 1.165) is 4.88 Å². The van der Waals surface area contributed by atoms with Crippen molar-refractivity contribution in [3.8, 4) is 16.5 Å². The molecule has 2 aromatic heterocycles. The van der Waals surface area contributed by atoms with Gasteiger partial charge in [0.15, 0.2) is 0 Å². The summed E-state index contributed by atoms with van der Waals surface area (Å²) in [4.78, 5) is 20.2. The zero-order chi connectivity index (χ0) is 22.9. The summed E-state index contributed by atoms with van der Waals surface area (Å²) in [7, 11) is 1.57.